The fourth-order valence-corrected chi connectivity index (χ4v) is 3.74. The summed E-state index contributed by atoms with van der Waals surface area (Å²) in [5, 5.41) is 12.7. The number of para-hydroxylation sites is 1. The number of aromatic nitrogens is 2. The van der Waals surface area contributed by atoms with Crippen molar-refractivity contribution in [1.29, 1.82) is 5.26 Å². The molecule has 2 aromatic carbocycles. The van der Waals surface area contributed by atoms with E-state index in [4.69, 9.17) is 4.74 Å². The number of anilines is 2. The highest BCUT2D eigenvalue weighted by atomic mass is 16.5. The highest BCUT2D eigenvalue weighted by Crippen LogP contribution is 2.21. The predicted octanol–water partition coefficient (Wildman–Crippen LogP) is 3.13. The summed E-state index contributed by atoms with van der Waals surface area (Å²) in [6.45, 7) is 2.57. The minimum absolute atomic E-state index is 0.0592. The number of benzene rings is 2. The van der Waals surface area contributed by atoms with Gasteiger partial charge in [-0.15, -0.1) is 0 Å². The standard InChI is InChI=1S/C24H25N5O2/c25-17-21-22(29-14-11-18-7-4-5-8-19(18)12-15-29)27-24(28-23(21)30)26-13-6-16-31-20-9-2-1-3-10-20/h1-5,7-10H,6,11-16H2,(H2,26,27,28,30). The van der Waals surface area contributed by atoms with E-state index < -0.39 is 5.56 Å². The van der Waals surface area contributed by atoms with Crippen LogP contribution in [0.2, 0.25) is 0 Å². The van der Waals surface area contributed by atoms with Crippen molar-refractivity contribution in [3.8, 4) is 11.8 Å². The number of nitrogens with one attached hydrogen (secondary N) is 2. The Morgan fingerprint density at radius 3 is 2.42 bits per heavy atom. The molecule has 0 saturated carbocycles. The number of ether oxygens (including phenoxy) is 1. The summed E-state index contributed by atoms with van der Waals surface area (Å²) in [5.41, 5.74) is 2.26. The van der Waals surface area contributed by atoms with Crippen molar-refractivity contribution in [2.75, 3.05) is 36.5 Å². The molecule has 158 valence electrons. The van der Waals surface area contributed by atoms with Crippen LogP contribution in [0.1, 0.15) is 23.1 Å². The van der Waals surface area contributed by atoms with Gasteiger partial charge in [0.15, 0.2) is 11.4 Å². The van der Waals surface area contributed by atoms with Gasteiger partial charge in [0.05, 0.1) is 6.61 Å². The van der Waals surface area contributed by atoms with E-state index in [1.807, 2.05) is 53.4 Å². The van der Waals surface area contributed by atoms with Crippen LogP contribution >= 0.6 is 0 Å². The molecule has 31 heavy (non-hydrogen) atoms. The number of fused-ring (bicyclic) bond motifs is 1. The number of hydrogen-bond acceptors (Lipinski definition) is 6. The number of H-pyrrole nitrogens is 1. The molecule has 1 aliphatic rings. The second kappa shape index (κ2) is 9.81. The molecular weight excluding hydrogens is 390 g/mol. The Bertz CT molecular complexity index is 1090. The van der Waals surface area contributed by atoms with E-state index in [0.717, 1.165) is 25.0 Å². The van der Waals surface area contributed by atoms with E-state index in [0.29, 0.717) is 38.0 Å². The van der Waals surface area contributed by atoms with Crippen LogP contribution < -0.4 is 20.5 Å². The van der Waals surface area contributed by atoms with Gasteiger partial charge in [-0.2, -0.15) is 10.2 Å². The van der Waals surface area contributed by atoms with Crippen molar-refractivity contribution in [2.45, 2.75) is 19.3 Å². The Morgan fingerprint density at radius 1 is 1.06 bits per heavy atom. The summed E-state index contributed by atoms with van der Waals surface area (Å²) >= 11 is 0. The molecule has 2 heterocycles. The molecule has 0 bridgehead atoms. The maximum atomic E-state index is 12.5. The van der Waals surface area contributed by atoms with E-state index >= 15 is 0 Å². The normalized spacial score (nSPS) is 13.1. The summed E-state index contributed by atoms with van der Waals surface area (Å²) < 4.78 is 5.68. The summed E-state index contributed by atoms with van der Waals surface area (Å²) in [7, 11) is 0. The van der Waals surface area contributed by atoms with E-state index in [1.165, 1.54) is 11.1 Å². The van der Waals surface area contributed by atoms with Crippen molar-refractivity contribution in [2.24, 2.45) is 0 Å². The quantitative estimate of drug-likeness (QED) is 0.576. The zero-order valence-electron chi connectivity index (χ0n) is 17.3. The molecule has 0 spiro atoms. The number of rotatable bonds is 7. The van der Waals surface area contributed by atoms with Gasteiger partial charge in [0, 0.05) is 19.6 Å². The van der Waals surface area contributed by atoms with Gasteiger partial charge < -0.3 is 15.0 Å². The first-order chi connectivity index (χ1) is 15.2. The number of nitriles is 1. The number of nitrogens with zero attached hydrogens (tertiary/aromatic N) is 3. The van der Waals surface area contributed by atoms with Gasteiger partial charge in [0.25, 0.3) is 5.56 Å². The molecule has 0 amide bonds. The first kappa shape index (κ1) is 20.5. The van der Waals surface area contributed by atoms with Crippen molar-refractivity contribution in [3.05, 3.63) is 81.6 Å². The lowest BCUT2D eigenvalue weighted by atomic mass is 10.0. The second-order valence-electron chi connectivity index (χ2n) is 7.42. The zero-order chi connectivity index (χ0) is 21.5. The van der Waals surface area contributed by atoms with Crippen LogP contribution in [-0.2, 0) is 12.8 Å². The summed E-state index contributed by atoms with van der Waals surface area (Å²) in [5.74, 6) is 1.65. The minimum atomic E-state index is -0.419. The molecule has 3 aromatic rings. The molecule has 4 rings (SSSR count). The van der Waals surface area contributed by atoms with E-state index in [1.54, 1.807) is 0 Å². The Labute approximate surface area is 181 Å². The topological polar surface area (TPSA) is 94.0 Å². The van der Waals surface area contributed by atoms with Crippen LogP contribution in [0.4, 0.5) is 11.8 Å². The van der Waals surface area contributed by atoms with Crippen molar-refractivity contribution in [3.63, 3.8) is 0 Å². The average molecular weight is 415 g/mol. The third kappa shape index (κ3) is 5.04. The Kier molecular flexibility index (Phi) is 6.48. The lowest BCUT2D eigenvalue weighted by molar-refractivity contribution is 0.315. The van der Waals surface area contributed by atoms with Gasteiger partial charge >= 0.3 is 0 Å². The molecule has 2 N–H and O–H groups in total. The van der Waals surface area contributed by atoms with Crippen LogP contribution in [0, 0.1) is 11.3 Å². The zero-order valence-corrected chi connectivity index (χ0v) is 17.3. The average Bonchev–Trinajstić information content (AvgIpc) is 3.02. The van der Waals surface area contributed by atoms with E-state index in [2.05, 4.69) is 27.4 Å². The molecule has 1 aromatic heterocycles. The Balaban J connectivity index is 1.41. The van der Waals surface area contributed by atoms with E-state index in [-0.39, 0.29) is 5.56 Å². The molecular formula is C24H25N5O2. The molecule has 1 aliphatic heterocycles. The number of aromatic amines is 1. The smallest absolute Gasteiger partial charge is 0.272 e. The van der Waals surface area contributed by atoms with E-state index in [9.17, 15) is 10.1 Å². The van der Waals surface area contributed by atoms with Crippen LogP contribution in [0.15, 0.2) is 59.4 Å². The molecule has 0 radical (unpaired) electrons. The Morgan fingerprint density at radius 2 is 1.74 bits per heavy atom. The fourth-order valence-electron chi connectivity index (χ4n) is 3.74. The van der Waals surface area contributed by atoms with Crippen LogP contribution in [0.5, 0.6) is 5.75 Å². The Hall–Kier alpha value is -3.79. The maximum absolute atomic E-state index is 12.5. The molecule has 0 fully saturated rings. The van der Waals surface area contributed by atoms with Crippen LogP contribution in [0.25, 0.3) is 0 Å². The monoisotopic (exact) mass is 415 g/mol. The third-order valence-electron chi connectivity index (χ3n) is 5.36. The van der Waals surface area contributed by atoms with Gasteiger partial charge in [0.2, 0.25) is 5.95 Å². The molecule has 0 atom stereocenters. The lowest BCUT2D eigenvalue weighted by Crippen LogP contribution is -2.31. The van der Waals surface area contributed by atoms with Gasteiger partial charge in [-0.3, -0.25) is 9.78 Å². The molecule has 7 nitrogen and oxygen atoms in total. The summed E-state index contributed by atoms with van der Waals surface area (Å²) in [4.78, 5) is 21.8. The summed E-state index contributed by atoms with van der Waals surface area (Å²) in [6.07, 6.45) is 2.46. The van der Waals surface area contributed by atoms with Crippen molar-refractivity contribution in [1.82, 2.24) is 9.97 Å². The largest absolute Gasteiger partial charge is 0.494 e. The van der Waals surface area contributed by atoms with Crippen molar-refractivity contribution >= 4 is 11.8 Å². The molecule has 0 aliphatic carbocycles. The molecule has 7 heteroatoms. The minimum Gasteiger partial charge on any atom is -0.494 e. The molecule has 0 unspecified atom stereocenters. The maximum Gasteiger partial charge on any atom is 0.272 e. The van der Waals surface area contributed by atoms with Crippen LogP contribution in [-0.4, -0.2) is 36.2 Å². The first-order valence-corrected chi connectivity index (χ1v) is 10.5. The highest BCUT2D eigenvalue weighted by Gasteiger charge is 2.20. The highest BCUT2D eigenvalue weighted by molar-refractivity contribution is 5.56. The third-order valence-corrected chi connectivity index (χ3v) is 5.36. The fraction of sp³-hybridized carbons (Fsp3) is 0.292. The molecule has 0 saturated heterocycles. The predicted molar refractivity (Wildman–Crippen MR) is 121 cm³/mol. The summed E-state index contributed by atoms with van der Waals surface area (Å²) in [6, 6.07) is 20.0. The lowest BCUT2D eigenvalue weighted by Gasteiger charge is -2.22. The second-order valence-corrected chi connectivity index (χ2v) is 7.42. The number of hydrogen-bond donors (Lipinski definition) is 2. The SMILES string of the molecule is N#Cc1c(N2CCc3ccccc3CC2)nc(NCCCOc2ccccc2)[nH]c1=O. The van der Waals surface area contributed by atoms with Crippen molar-refractivity contribution < 1.29 is 4.74 Å². The van der Waals surface area contributed by atoms with Gasteiger partial charge in [-0.25, -0.2) is 0 Å². The van der Waals surface area contributed by atoms with Gasteiger partial charge in [-0.1, -0.05) is 42.5 Å². The first-order valence-electron chi connectivity index (χ1n) is 10.5. The van der Waals surface area contributed by atoms with Crippen LogP contribution in [0.3, 0.4) is 0 Å². The van der Waals surface area contributed by atoms with Gasteiger partial charge in [0.1, 0.15) is 11.8 Å². The van der Waals surface area contributed by atoms with Gasteiger partial charge in [-0.05, 0) is 42.5 Å².